The van der Waals surface area contributed by atoms with Crippen molar-refractivity contribution in [3.8, 4) is 28.7 Å². The van der Waals surface area contributed by atoms with Crippen LogP contribution >= 0.6 is 0 Å². The second kappa shape index (κ2) is 9.82. The second-order valence-electron chi connectivity index (χ2n) is 6.65. The molecule has 1 N–H and O–H groups in total. The van der Waals surface area contributed by atoms with E-state index in [0.717, 1.165) is 0 Å². The van der Waals surface area contributed by atoms with Gasteiger partial charge in [-0.3, -0.25) is 9.36 Å². The standard InChI is InChI=1S/C22H26N2O6S/c1-6-24-21-15(8-7-9-23-21)18(25)20(22(24)26)31(5)11-10-30-14-12-16(27-2)19(29-4)17(13-14)28-3/h7-9,12-13H,6,10-11H2,1-5H3/p+1. The lowest BCUT2D eigenvalue weighted by molar-refractivity contribution is 0.309. The van der Waals surface area contributed by atoms with Crippen molar-refractivity contribution in [2.75, 3.05) is 39.9 Å². The summed E-state index contributed by atoms with van der Waals surface area (Å²) < 4.78 is 23.5. The maximum absolute atomic E-state index is 13.0. The molecule has 2 heterocycles. The van der Waals surface area contributed by atoms with Crippen LogP contribution in [-0.2, 0) is 17.4 Å². The Balaban J connectivity index is 1.83. The quantitative estimate of drug-likeness (QED) is 0.504. The van der Waals surface area contributed by atoms with Gasteiger partial charge in [-0.2, -0.15) is 0 Å². The van der Waals surface area contributed by atoms with Crippen molar-refractivity contribution in [2.45, 2.75) is 18.4 Å². The molecule has 0 amide bonds. The average molecular weight is 448 g/mol. The van der Waals surface area contributed by atoms with Crippen molar-refractivity contribution in [3.05, 3.63) is 40.8 Å². The predicted octanol–water partition coefficient (Wildman–Crippen LogP) is 2.83. The Morgan fingerprint density at radius 1 is 1.13 bits per heavy atom. The minimum atomic E-state index is -0.542. The van der Waals surface area contributed by atoms with Gasteiger partial charge in [-0.15, -0.1) is 0 Å². The summed E-state index contributed by atoms with van der Waals surface area (Å²) in [5.74, 6) is 2.59. The summed E-state index contributed by atoms with van der Waals surface area (Å²) in [6.45, 7) is 2.70. The molecule has 3 aromatic rings. The van der Waals surface area contributed by atoms with E-state index in [1.165, 1.54) is 0 Å². The second-order valence-corrected chi connectivity index (χ2v) is 8.74. The highest BCUT2D eigenvalue weighted by atomic mass is 32.2. The minimum absolute atomic E-state index is 0.00332. The number of aromatic nitrogens is 2. The summed E-state index contributed by atoms with van der Waals surface area (Å²) in [4.78, 5) is 17.7. The fourth-order valence-corrected chi connectivity index (χ4v) is 4.76. The zero-order chi connectivity index (χ0) is 22.5. The Kier molecular flexibility index (Phi) is 7.17. The van der Waals surface area contributed by atoms with Gasteiger partial charge < -0.3 is 24.1 Å². The summed E-state index contributed by atoms with van der Waals surface area (Å²) in [5.41, 5.74) is 0.270. The summed E-state index contributed by atoms with van der Waals surface area (Å²) in [6, 6.07) is 6.96. The highest BCUT2D eigenvalue weighted by Crippen LogP contribution is 2.40. The summed E-state index contributed by atoms with van der Waals surface area (Å²) in [5, 5.41) is 11.4. The molecule has 0 fully saturated rings. The van der Waals surface area contributed by atoms with Crippen LogP contribution in [0.4, 0.5) is 0 Å². The van der Waals surface area contributed by atoms with Crippen LogP contribution in [-0.4, -0.2) is 54.6 Å². The van der Waals surface area contributed by atoms with E-state index in [1.54, 1.807) is 56.4 Å². The molecule has 1 unspecified atom stereocenters. The van der Waals surface area contributed by atoms with Crippen molar-refractivity contribution < 1.29 is 24.1 Å². The number of aromatic hydroxyl groups is 1. The first kappa shape index (κ1) is 22.6. The molecule has 0 radical (unpaired) electrons. The van der Waals surface area contributed by atoms with Gasteiger partial charge in [0.2, 0.25) is 5.75 Å². The molecule has 0 aliphatic carbocycles. The molecular formula is C22H27N2O6S+. The van der Waals surface area contributed by atoms with E-state index in [-0.39, 0.29) is 11.3 Å². The third-order valence-corrected chi connectivity index (χ3v) is 6.76. The first-order chi connectivity index (χ1) is 15.0. The van der Waals surface area contributed by atoms with E-state index in [2.05, 4.69) is 4.98 Å². The SMILES string of the molecule is CCn1c(=O)c([S+](C)CCOc2cc(OC)c(OC)c(OC)c2)c(O)c2cccnc21. The first-order valence-electron chi connectivity index (χ1n) is 9.72. The highest BCUT2D eigenvalue weighted by Gasteiger charge is 2.29. The Morgan fingerprint density at radius 3 is 2.39 bits per heavy atom. The molecule has 31 heavy (non-hydrogen) atoms. The number of pyridine rings is 2. The van der Waals surface area contributed by atoms with Crippen molar-refractivity contribution in [2.24, 2.45) is 0 Å². The maximum atomic E-state index is 13.0. The molecular weight excluding hydrogens is 420 g/mol. The zero-order valence-electron chi connectivity index (χ0n) is 18.3. The monoisotopic (exact) mass is 447 g/mol. The molecule has 0 aliphatic heterocycles. The third kappa shape index (κ3) is 4.36. The Morgan fingerprint density at radius 2 is 1.81 bits per heavy atom. The van der Waals surface area contributed by atoms with Crippen LogP contribution in [0.5, 0.6) is 28.7 Å². The predicted molar refractivity (Wildman–Crippen MR) is 121 cm³/mol. The van der Waals surface area contributed by atoms with Gasteiger partial charge in [0.15, 0.2) is 17.2 Å². The Labute approximate surface area is 183 Å². The van der Waals surface area contributed by atoms with Gasteiger partial charge in [0, 0.05) is 35.8 Å². The number of aryl methyl sites for hydroxylation is 1. The van der Waals surface area contributed by atoms with Crippen LogP contribution in [0.25, 0.3) is 11.0 Å². The molecule has 0 aliphatic rings. The smallest absolute Gasteiger partial charge is 0.311 e. The maximum Gasteiger partial charge on any atom is 0.311 e. The number of fused-ring (bicyclic) bond motifs is 1. The van der Waals surface area contributed by atoms with Gasteiger partial charge in [0.1, 0.15) is 30.0 Å². The first-order valence-corrected chi connectivity index (χ1v) is 11.5. The number of rotatable bonds is 9. The molecule has 1 aromatic carbocycles. The van der Waals surface area contributed by atoms with Crippen molar-refractivity contribution in [1.82, 2.24) is 9.55 Å². The van der Waals surface area contributed by atoms with Gasteiger partial charge in [-0.25, -0.2) is 4.98 Å². The Hall–Kier alpha value is -3.07. The van der Waals surface area contributed by atoms with E-state index >= 15 is 0 Å². The average Bonchev–Trinajstić information content (AvgIpc) is 2.78. The van der Waals surface area contributed by atoms with Crippen LogP contribution in [0, 0.1) is 0 Å². The van der Waals surface area contributed by atoms with Gasteiger partial charge in [0.25, 0.3) is 4.90 Å². The molecule has 0 saturated carbocycles. The molecule has 166 valence electrons. The van der Waals surface area contributed by atoms with Crippen molar-refractivity contribution >= 4 is 21.9 Å². The normalized spacial score (nSPS) is 11.9. The van der Waals surface area contributed by atoms with Gasteiger partial charge in [0.05, 0.1) is 26.7 Å². The minimum Gasteiger partial charge on any atom is -0.503 e. The molecule has 3 rings (SSSR count). The van der Waals surface area contributed by atoms with Crippen molar-refractivity contribution in [3.63, 3.8) is 0 Å². The number of ether oxygens (including phenoxy) is 4. The van der Waals surface area contributed by atoms with Crippen LogP contribution in [0.1, 0.15) is 6.92 Å². The van der Waals surface area contributed by atoms with Crippen LogP contribution in [0.2, 0.25) is 0 Å². The van der Waals surface area contributed by atoms with Crippen LogP contribution in [0.15, 0.2) is 40.2 Å². The van der Waals surface area contributed by atoms with Gasteiger partial charge in [-0.05, 0) is 19.1 Å². The number of methoxy groups -OCH3 is 3. The Bertz CT molecular complexity index is 1110. The summed E-state index contributed by atoms with van der Waals surface area (Å²) >= 11 is 0. The van der Waals surface area contributed by atoms with Crippen LogP contribution < -0.4 is 24.5 Å². The fourth-order valence-electron chi connectivity index (χ4n) is 3.37. The molecule has 0 saturated heterocycles. The van der Waals surface area contributed by atoms with E-state index in [9.17, 15) is 9.90 Å². The van der Waals surface area contributed by atoms with Crippen LogP contribution in [0.3, 0.4) is 0 Å². The summed E-state index contributed by atoms with van der Waals surface area (Å²) in [7, 11) is 4.08. The van der Waals surface area contributed by atoms with E-state index < -0.39 is 10.9 Å². The largest absolute Gasteiger partial charge is 0.503 e. The number of hydrogen-bond acceptors (Lipinski definition) is 7. The topological polar surface area (TPSA) is 92.0 Å². The number of nitrogens with zero attached hydrogens (tertiary/aromatic N) is 2. The molecule has 0 bridgehead atoms. The van der Waals surface area contributed by atoms with E-state index in [4.69, 9.17) is 18.9 Å². The number of benzene rings is 1. The molecule has 1 atom stereocenters. The lowest BCUT2D eigenvalue weighted by Crippen LogP contribution is -2.28. The number of hydrogen-bond donors (Lipinski definition) is 1. The fraction of sp³-hybridized carbons (Fsp3) is 0.364. The highest BCUT2D eigenvalue weighted by molar-refractivity contribution is 7.96. The third-order valence-electron chi connectivity index (χ3n) is 4.91. The zero-order valence-corrected chi connectivity index (χ0v) is 19.1. The molecule has 9 heteroatoms. The van der Waals surface area contributed by atoms with Crippen molar-refractivity contribution in [1.29, 1.82) is 0 Å². The van der Waals surface area contributed by atoms with Gasteiger partial charge >= 0.3 is 5.56 Å². The van der Waals surface area contributed by atoms with E-state index in [1.807, 2.05) is 13.2 Å². The summed E-state index contributed by atoms with van der Waals surface area (Å²) in [6.07, 6.45) is 3.54. The lowest BCUT2D eigenvalue weighted by atomic mass is 10.2. The van der Waals surface area contributed by atoms with Gasteiger partial charge in [-0.1, -0.05) is 0 Å². The molecule has 8 nitrogen and oxygen atoms in total. The molecule has 0 spiro atoms. The van der Waals surface area contributed by atoms with E-state index in [0.29, 0.717) is 57.8 Å². The molecule has 2 aromatic heterocycles. The lowest BCUT2D eigenvalue weighted by Gasteiger charge is -2.15.